The Morgan fingerprint density at radius 3 is 2.42 bits per heavy atom. The van der Waals surface area contributed by atoms with Crippen molar-refractivity contribution in [1.29, 1.82) is 0 Å². The number of carbonyl (C=O) groups is 1. The normalized spacial score (nSPS) is 14.6. The lowest BCUT2D eigenvalue weighted by atomic mass is 10.2. The van der Waals surface area contributed by atoms with Crippen molar-refractivity contribution in [3.05, 3.63) is 58.9 Å². The summed E-state index contributed by atoms with van der Waals surface area (Å²) in [6.45, 7) is 4.54. The van der Waals surface area contributed by atoms with Crippen molar-refractivity contribution in [2.45, 2.75) is 6.92 Å². The molecule has 0 bridgehead atoms. The number of hydrogen-bond acceptors (Lipinski definition) is 2. The first-order valence-corrected chi connectivity index (χ1v) is 8.24. The van der Waals surface area contributed by atoms with Gasteiger partial charge in [-0.05, 0) is 48.9 Å². The van der Waals surface area contributed by atoms with Crippen molar-refractivity contribution >= 4 is 29.0 Å². The minimum atomic E-state index is -0.242. The van der Waals surface area contributed by atoms with E-state index in [0.717, 1.165) is 16.9 Å². The van der Waals surface area contributed by atoms with Gasteiger partial charge in [0.25, 0.3) is 0 Å². The molecule has 2 aromatic carbocycles. The fourth-order valence-electron chi connectivity index (χ4n) is 2.76. The van der Waals surface area contributed by atoms with Gasteiger partial charge < -0.3 is 15.1 Å². The van der Waals surface area contributed by atoms with Crippen LogP contribution in [0.15, 0.2) is 42.5 Å². The Bertz CT molecular complexity index is 728. The average Bonchev–Trinajstić information content (AvgIpc) is 2.60. The van der Waals surface area contributed by atoms with Crippen molar-refractivity contribution in [3.8, 4) is 0 Å². The highest BCUT2D eigenvalue weighted by atomic mass is 35.5. The third-order valence-corrected chi connectivity index (χ3v) is 4.68. The maximum atomic E-state index is 13.0. The predicted molar refractivity (Wildman–Crippen MR) is 95.4 cm³/mol. The Labute approximate surface area is 145 Å². The topological polar surface area (TPSA) is 35.6 Å². The van der Waals surface area contributed by atoms with Crippen LogP contribution >= 0.6 is 11.6 Å². The lowest BCUT2D eigenvalue weighted by Crippen LogP contribution is -2.50. The molecule has 0 saturated carbocycles. The Morgan fingerprint density at radius 1 is 1.08 bits per heavy atom. The number of nitrogens with zero attached hydrogens (tertiary/aromatic N) is 2. The maximum absolute atomic E-state index is 13.0. The van der Waals surface area contributed by atoms with Crippen LogP contribution in [0.4, 0.5) is 20.6 Å². The fraction of sp³-hybridized carbons (Fsp3) is 0.278. The van der Waals surface area contributed by atoms with E-state index in [4.69, 9.17) is 11.6 Å². The zero-order chi connectivity index (χ0) is 17.1. The van der Waals surface area contributed by atoms with E-state index >= 15 is 0 Å². The van der Waals surface area contributed by atoms with Gasteiger partial charge >= 0.3 is 6.03 Å². The van der Waals surface area contributed by atoms with Crippen molar-refractivity contribution in [2.75, 3.05) is 36.4 Å². The molecule has 0 spiro atoms. The Kier molecular flexibility index (Phi) is 4.90. The van der Waals surface area contributed by atoms with Crippen molar-refractivity contribution in [3.63, 3.8) is 0 Å². The molecule has 0 radical (unpaired) electrons. The molecule has 0 unspecified atom stereocenters. The molecular formula is C18H19ClFN3O. The molecule has 0 atom stereocenters. The van der Waals surface area contributed by atoms with Gasteiger partial charge in [-0.25, -0.2) is 9.18 Å². The van der Waals surface area contributed by atoms with E-state index in [1.165, 1.54) is 12.1 Å². The minimum Gasteiger partial charge on any atom is -0.368 e. The highest BCUT2D eigenvalue weighted by Crippen LogP contribution is 2.23. The summed E-state index contributed by atoms with van der Waals surface area (Å²) in [5.74, 6) is -0.242. The second kappa shape index (κ2) is 7.09. The first-order valence-electron chi connectivity index (χ1n) is 7.86. The van der Waals surface area contributed by atoms with E-state index in [9.17, 15) is 9.18 Å². The summed E-state index contributed by atoms with van der Waals surface area (Å²) in [4.78, 5) is 16.3. The summed E-state index contributed by atoms with van der Waals surface area (Å²) in [5.41, 5.74) is 2.56. The van der Waals surface area contributed by atoms with Crippen LogP contribution in [-0.4, -0.2) is 37.1 Å². The molecule has 3 rings (SSSR count). The lowest BCUT2D eigenvalue weighted by Gasteiger charge is -2.36. The number of urea groups is 1. The molecule has 1 N–H and O–H groups in total. The summed E-state index contributed by atoms with van der Waals surface area (Å²) in [6, 6.07) is 11.8. The third kappa shape index (κ3) is 3.62. The lowest BCUT2D eigenvalue weighted by molar-refractivity contribution is 0.208. The summed E-state index contributed by atoms with van der Waals surface area (Å²) >= 11 is 6.08. The first kappa shape index (κ1) is 16.6. The van der Waals surface area contributed by atoms with Crippen LogP contribution in [0.2, 0.25) is 5.02 Å². The maximum Gasteiger partial charge on any atom is 0.321 e. The van der Waals surface area contributed by atoms with Gasteiger partial charge in [-0.3, -0.25) is 0 Å². The molecule has 1 fully saturated rings. The SMILES string of the molecule is Cc1c(Cl)cccc1NC(=O)N1CCN(c2ccc(F)cc2)CC1. The quantitative estimate of drug-likeness (QED) is 0.886. The smallest absolute Gasteiger partial charge is 0.321 e. The number of anilines is 2. The second-order valence-corrected chi connectivity index (χ2v) is 6.20. The van der Waals surface area contributed by atoms with Crippen LogP contribution in [0.1, 0.15) is 5.56 Å². The molecule has 2 aromatic rings. The van der Waals surface area contributed by atoms with Crippen LogP contribution in [0.3, 0.4) is 0 Å². The van der Waals surface area contributed by atoms with E-state index in [1.54, 1.807) is 23.1 Å². The van der Waals surface area contributed by atoms with E-state index < -0.39 is 0 Å². The van der Waals surface area contributed by atoms with E-state index in [-0.39, 0.29) is 11.8 Å². The largest absolute Gasteiger partial charge is 0.368 e. The molecule has 126 valence electrons. The number of amides is 2. The van der Waals surface area contributed by atoms with Gasteiger partial charge in [-0.1, -0.05) is 17.7 Å². The van der Waals surface area contributed by atoms with E-state index in [2.05, 4.69) is 10.2 Å². The van der Waals surface area contributed by atoms with Crippen molar-refractivity contribution in [2.24, 2.45) is 0 Å². The van der Waals surface area contributed by atoms with Crippen LogP contribution in [0.25, 0.3) is 0 Å². The zero-order valence-electron chi connectivity index (χ0n) is 13.4. The molecule has 1 saturated heterocycles. The second-order valence-electron chi connectivity index (χ2n) is 5.79. The van der Waals surface area contributed by atoms with Crippen LogP contribution in [0, 0.1) is 12.7 Å². The number of halogens is 2. The van der Waals surface area contributed by atoms with E-state index in [0.29, 0.717) is 31.2 Å². The van der Waals surface area contributed by atoms with Crippen LogP contribution in [-0.2, 0) is 0 Å². The third-order valence-electron chi connectivity index (χ3n) is 4.27. The first-order chi connectivity index (χ1) is 11.5. The fourth-order valence-corrected chi connectivity index (χ4v) is 2.93. The highest BCUT2D eigenvalue weighted by Gasteiger charge is 2.21. The molecule has 0 aromatic heterocycles. The molecule has 24 heavy (non-hydrogen) atoms. The number of hydrogen-bond donors (Lipinski definition) is 1. The Hall–Kier alpha value is -2.27. The van der Waals surface area contributed by atoms with Gasteiger partial charge in [-0.2, -0.15) is 0 Å². The van der Waals surface area contributed by atoms with Gasteiger partial charge in [0.15, 0.2) is 0 Å². The van der Waals surface area contributed by atoms with Gasteiger partial charge in [0.1, 0.15) is 5.82 Å². The Balaban J connectivity index is 1.59. The van der Waals surface area contributed by atoms with Crippen LogP contribution in [0.5, 0.6) is 0 Å². The molecule has 1 heterocycles. The summed E-state index contributed by atoms with van der Waals surface area (Å²) in [7, 11) is 0. The predicted octanol–water partition coefficient (Wildman–Crippen LogP) is 4.14. The summed E-state index contributed by atoms with van der Waals surface area (Å²) < 4.78 is 13.0. The highest BCUT2D eigenvalue weighted by molar-refractivity contribution is 6.31. The molecule has 4 nitrogen and oxygen atoms in total. The Morgan fingerprint density at radius 2 is 1.75 bits per heavy atom. The van der Waals surface area contributed by atoms with Crippen LogP contribution < -0.4 is 10.2 Å². The van der Waals surface area contributed by atoms with Gasteiger partial charge in [0, 0.05) is 42.6 Å². The number of rotatable bonds is 2. The number of carbonyl (C=O) groups excluding carboxylic acids is 1. The van der Waals surface area contributed by atoms with Gasteiger partial charge in [-0.15, -0.1) is 0 Å². The van der Waals surface area contributed by atoms with Gasteiger partial charge in [0.05, 0.1) is 0 Å². The standard InChI is InChI=1S/C18H19ClFN3O/c1-13-16(19)3-2-4-17(13)21-18(24)23-11-9-22(10-12-23)15-7-5-14(20)6-8-15/h2-8H,9-12H2,1H3,(H,21,24). The molecule has 6 heteroatoms. The van der Waals surface area contributed by atoms with Crippen molar-refractivity contribution in [1.82, 2.24) is 4.90 Å². The monoisotopic (exact) mass is 347 g/mol. The van der Waals surface area contributed by atoms with Crippen molar-refractivity contribution < 1.29 is 9.18 Å². The van der Waals surface area contributed by atoms with Gasteiger partial charge in [0.2, 0.25) is 0 Å². The molecule has 2 amide bonds. The minimum absolute atomic E-state index is 0.126. The molecule has 1 aliphatic heterocycles. The van der Waals surface area contributed by atoms with E-state index in [1.807, 2.05) is 19.1 Å². The molecular weight excluding hydrogens is 329 g/mol. The summed E-state index contributed by atoms with van der Waals surface area (Å²) in [6.07, 6.45) is 0. The number of piperazine rings is 1. The summed E-state index contributed by atoms with van der Waals surface area (Å²) in [5, 5.41) is 3.55. The number of benzene rings is 2. The molecule has 0 aliphatic carbocycles. The molecule has 1 aliphatic rings. The number of nitrogens with one attached hydrogen (secondary N) is 1. The zero-order valence-corrected chi connectivity index (χ0v) is 14.2. The average molecular weight is 348 g/mol.